The summed E-state index contributed by atoms with van der Waals surface area (Å²) in [5, 5.41) is 16.7. The van der Waals surface area contributed by atoms with Crippen LogP contribution in [0.3, 0.4) is 0 Å². The van der Waals surface area contributed by atoms with Crippen LogP contribution in [0.1, 0.15) is 6.92 Å². The monoisotopic (exact) mass is 163 g/mol. The van der Waals surface area contributed by atoms with Gasteiger partial charge in [0.15, 0.2) is 0 Å². The topological polar surface area (TPSA) is 40.5 Å². The molecular formula is C5H8CuO2. The molecule has 8 heavy (non-hydrogen) atoms. The Morgan fingerprint density at radius 1 is 1.50 bits per heavy atom. The van der Waals surface area contributed by atoms with Crippen molar-refractivity contribution in [3.63, 3.8) is 0 Å². The third-order valence-corrected chi connectivity index (χ3v) is 0.375. The normalized spacial score (nSPS) is 9.88. The van der Waals surface area contributed by atoms with Gasteiger partial charge in [-0.2, -0.15) is 0 Å². The van der Waals surface area contributed by atoms with Gasteiger partial charge >= 0.3 is 0 Å². The molecule has 0 heterocycles. The Labute approximate surface area is 59.0 Å². The standard InChI is InChI=1S/C5H8O2.Cu/c1-4(6)3-5(2)7;/h3,6-7H,1H2,2H3;/b5-3-;. The summed E-state index contributed by atoms with van der Waals surface area (Å²) in [5.74, 6) is -0.0625. The summed E-state index contributed by atoms with van der Waals surface area (Å²) in [6.07, 6.45) is 1.17. The van der Waals surface area contributed by atoms with Crippen molar-refractivity contribution in [3.05, 3.63) is 24.2 Å². The molecule has 0 aliphatic carbocycles. The maximum atomic E-state index is 8.36. The average Bonchev–Trinajstić information content (AvgIpc) is 1.27. The molecule has 2 N–H and O–H groups in total. The molecule has 1 radical (unpaired) electrons. The minimum atomic E-state index is -0.125. The first-order chi connectivity index (χ1) is 3.13. The van der Waals surface area contributed by atoms with E-state index in [1.165, 1.54) is 13.0 Å². The van der Waals surface area contributed by atoms with Crippen molar-refractivity contribution in [2.24, 2.45) is 0 Å². The van der Waals surface area contributed by atoms with Crippen LogP contribution < -0.4 is 0 Å². The van der Waals surface area contributed by atoms with Crippen molar-refractivity contribution in [1.29, 1.82) is 0 Å². The van der Waals surface area contributed by atoms with Crippen LogP contribution in [-0.2, 0) is 17.1 Å². The maximum Gasteiger partial charge on any atom is 0.111 e. The van der Waals surface area contributed by atoms with Crippen LogP contribution in [0.15, 0.2) is 24.2 Å². The molecule has 0 saturated heterocycles. The van der Waals surface area contributed by atoms with Crippen LogP contribution in [0.4, 0.5) is 0 Å². The summed E-state index contributed by atoms with van der Waals surface area (Å²) < 4.78 is 0. The van der Waals surface area contributed by atoms with Crippen molar-refractivity contribution in [3.8, 4) is 0 Å². The van der Waals surface area contributed by atoms with Crippen molar-refractivity contribution >= 4 is 0 Å². The van der Waals surface area contributed by atoms with Crippen molar-refractivity contribution < 1.29 is 27.3 Å². The smallest absolute Gasteiger partial charge is 0.111 e. The van der Waals surface area contributed by atoms with Gasteiger partial charge < -0.3 is 10.2 Å². The van der Waals surface area contributed by atoms with E-state index in [9.17, 15) is 0 Å². The molecule has 0 aromatic rings. The first-order valence-electron chi connectivity index (χ1n) is 1.88. The molecule has 0 rings (SSSR count). The molecule has 51 valence electrons. The molecule has 0 spiro atoms. The third-order valence-electron chi connectivity index (χ3n) is 0.375. The van der Waals surface area contributed by atoms with E-state index in [4.69, 9.17) is 10.2 Å². The predicted octanol–water partition coefficient (Wildman–Crippen LogP) is 1.52. The van der Waals surface area contributed by atoms with E-state index in [1.54, 1.807) is 0 Å². The maximum absolute atomic E-state index is 8.36. The zero-order valence-corrected chi connectivity index (χ0v) is 5.42. The zero-order valence-electron chi connectivity index (χ0n) is 4.48. The second-order valence-corrected chi connectivity index (χ2v) is 1.28. The Balaban J connectivity index is 0. The molecular weight excluding hydrogens is 156 g/mol. The molecule has 0 atom stereocenters. The van der Waals surface area contributed by atoms with Crippen LogP contribution in [0, 0.1) is 0 Å². The van der Waals surface area contributed by atoms with Crippen molar-refractivity contribution in [2.75, 3.05) is 0 Å². The van der Waals surface area contributed by atoms with Gasteiger partial charge in [-0.05, 0) is 6.92 Å². The number of aliphatic hydroxyl groups is 2. The fourth-order valence-electron chi connectivity index (χ4n) is 0.241. The summed E-state index contributed by atoms with van der Waals surface area (Å²) in [6.45, 7) is 4.57. The quantitative estimate of drug-likeness (QED) is 0.350. The van der Waals surface area contributed by atoms with E-state index in [2.05, 4.69) is 6.58 Å². The fourth-order valence-corrected chi connectivity index (χ4v) is 0.241. The molecule has 2 nitrogen and oxygen atoms in total. The van der Waals surface area contributed by atoms with E-state index in [-0.39, 0.29) is 28.6 Å². The van der Waals surface area contributed by atoms with E-state index in [0.29, 0.717) is 0 Å². The molecule has 3 heteroatoms. The number of rotatable bonds is 1. The van der Waals surface area contributed by atoms with Gasteiger partial charge in [-0.15, -0.1) is 0 Å². The summed E-state index contributed by atoms with van der Waals surface area (Å²) in [4.78, 5) is 0. The van der Waals surface area contributed by atoms with Gasteiger partial charge in [0.2, 0.25) is 0 Å². The van der Waals surface area contributed by atoms with Gasteiger partial charge in [0, 0.05) is 23.1 Å². The average molecular weight is 164 g/mol. The molecule has 0 aromatic carbocycles. The molecule has 0 aliphatic heterocycles. The summed E-state index contributed by atoms with van der Waals surface area (Å²) >= 11 is 0. The Hall–Kier alpha value is -0.401. The van der Waals surface area contributed by atoms with Crippen LogP contribution in [-0.4, -0.2) is 10.2 Å². The molecule has 0 aromatic heterocycles. The van der Waals surface area contributed by atoms with Gasteiger partial charge in [0.25, 0.3) is 0 Å². The van der Waals surface area contributed by atoms with Gasteiger partial charge in [0.1, 0.15) is 5.76 Å². The van der Waals surface area contributed by atoms with Crippen molar-refractivity contribution in [1.82, 2.24) is 0 Å². The summed E-state index contributed by atoms with van der Waals surface area (Å²) in [6, 6.07) is 0. The zero-order chi connectivity index (χ0) is 5.86. The number of allylic oxidation sites excluding steroid dienone is 2. The van der Waals surface area contributed by atoms with Crippen molar-refractivity contribution in [2.45, 2.75) is 6.92 Å². The Kier molecular flexibility index (Phi) is 6.27. The summed E-state index contributed by atoms with van der Waals surface area (Å²) in [5.41, 5.74) is 0. The van der Waals surface area contributed by atoms with Crippen LogP contribution >= 0.6 is 0 Å². The van der Waals surface area contributed by atoms with Crippen LogP contribution in [0.25, 0.3) is 0 Å². The van der Waals surface area contributed by atoms with E-state index >= 15 is 0 Å². The minimum Gasteiger partial charge on any atom is -0.512 e. The van der Waals surface area contributed by atoms with E-state index in [1.807, 2.05) is 0 Å². The summed E-state index contributed by atoms with van der Waals surface area (Å²) in [7, 11) is 0. The van der Waals surface area contributed by atoms with E-state index < -0.39 is 0 Å². The number of hydrogen-bond acceptors (Lipinski definition) is 2. The van der Waals surface area contributed by atoms with Gasteiger partial charge in [-0.3, -0.25) is 0 Å². The first-order valence-corrected chi connectivity index (χ1v) is 1.88. The van der Waals surface area contributed by atoms with Crippen LogP contribution in [0.2, 0.25) is 0 Å². The minimum absolute atomic E-state index is 0. The molecule has 0 fully saturated rings. The Bertz CT molecular complexity index is 103. The molecule has 0 unspecified atom stereocenters. The molecule has 0 aliphatic rings. The third kappa shape index (κ3) is 9.14. The second kappa shape index (κ2) is 4.75. The largest absolute Gasteiger partial charge is 0.512 e. The number of hydrogen-bond donors (Lipinski definition) is 2. The molecule has 0 bridgehead atoms. The predicted molar refractivity (Wildman–Crippen MR) is 28.2 cm³/mol. The van der Waals surface area contributed by atoms with E-state index in [0.717, 1.165) is 0 Å². The fraction of sp³-hybridized carbons (Fsp3) is 0.200. The second-order valence-electron chi connectivity index (χ2n) is 1.28. The van der Waals surface area contributed by atoms with Gasteiger partial charge in [0.05, 0.1) is 5.76 Å². The Morgan fingerprint density at radius 2 is 1.88 bits per heavy atom. The first kappa shape index (κ1) is 10.6. The SMILES string of the molecule is C=C(O)/C=C(/C)O.[Cu]. The van der Waals surface area contributed by atoms with Gasteiger partial charge in [-0.1, -0.05) is 6.58 Å². The Morgan fingerprint density at radius 3 is 1.88 bits per heavy atom. The molecule has 0 amide bonds. The molecule has 0 saturated carbocycles. The van der Waals surface area contributed by atoms with Gasteiger partial charge in [-0.25, -0.2) is 0 Å². The number of aliphatic hydroxyl groups excluding tert-OH is 2. The van der Waals surface area contributed by atoms with Crippen LogP contribution in [0.5, 0.6) is 0 Å².